The average Bonchev–Trinajstić information content (AvgIpc) is 3.71. The lowest BCUT2D eigenvalue weighted by Crippen LogP contribution is -2.27. The molecule has 2 nitrogen and oxygen atoms in total. The lowest BCUT2D eigenvalue weighted by Gasteiger charge is -2.30. The summed E-state index contributed by atoms with van der Waals surface area (Å²) in [5.74, 6) is 0. The van der Waals surface area contributed by atoms with Crippen LogP contribution in [0.5, 0.6) is 0 Å². The van der Waals surface area contributed by atoms with Crippen molar-refractivity contribution in [2.45, 2.75) is 12.5 Å². The fourth-order valence-electron chi connectivity index (χ4n) is 8.14. The van der Waals surface area contributed by atoms with Gasteiger partial charge >= 0.3 is 0 Å². The third-order valence-electron chi connectivity index (χ3n) is 10.5. The average molecular weight is 639 g/mol. The molecule has 236 valence electrons. The van der Waals surface area contributed by atoms with Gasteiger partial charge in [-0.2, -0.15) is 0 Å². The van der Waals surface area contributed by atoms with Crippen molar-refractivity contribution in [3.8, 4) is 27.9 Å². The van der Waals surface area contributed by atoms with E-state index >= 15 is 0 Å². The Morgan fingerprint density at radius 2 is 1.06 bits per heavy atom. The molecule has 1 aliphatic heterocycles. The first-order valence-corrected chi connectivity index (χ1v) is 17.5. The highest BCUT2D eigenvalue weighted by Crippen LogP contribution is 2.50. The third-order valence-corrected chi connectivity index (χ3v) is 10.5. The van der Waals surface area contributed by atoms with Crippen molar-refractivity contribution in [3.05, 3.63) is 199 Å². The summed E-state index contributed by atoms with van der Waals surface area (Å²) >= 11 is 0. The maximum Gasteiger partial charge on any atom is 0.0633 e. The fourth-order valence-corrected chi connectivity index (χ4v) is 8.14. The molecule has 8 aromatic rings. The SMILES string of the molecule is C1=C(c2ccccc2)C=C2c3cc(-c4ccc5c(c4)c4ccccc4n5-c4ccccc4)ccc3N(c3cccc(-c4ccccc4)c3)C2C1. The highest BCUT2D eigenvalue weighted by Gasteiger charge is 2.36. The molecule has 2 aliphatic rings. The van der Waals surface area contributed by atoms with Crippen molar-refractivity contribution in [2.24, 2.45) is 0 Å². The molecule has 0 spiro atoms. The number of para-hydroxylation sites is 2. The molecule has 0 saturated carbocycles. The van der Waals surface area contributed by atoms with E-state index in [4.69, 9.17) is 0 Å². The summed E-state index contributed by atoms with van der Waals surface area (Å²) in [6.07, 6.45) is 5.80. The molecule has 2 heteroatoms. The second-order valence-electron chi connectivity index (χ2n) is 13.3. The van der Waals surface area contributed by atoms with Crippen LogP contribution in [0.1, 0.15) is 17.5 Å². The first-order chi connectivity index (χ1) is 24.8. The molecule has 1 atom stereocenters. The Morgan fingerprint density at radius 3 is 1.88 bits per heavy atom. The van der Waals surface area contributed by atoms with E-state index in [1.807, 2.05) is 0 Å². The predicted molar refractivity (Wildman–Crippen MR) is 211 cm³/mol. The van der Waals surface area contributed by atoms with Crippen molar-refractivity contribution < 1.29 is 0 Å². The zero-order chi connectivity index (χ0) is 33.0. The second-order valence-corrected chi connectivity index (χ2v) is 13.3. The van der Waals surface area contributed by atoms with Crippen LogP contribution in [-0.2, 0) is 0 Å². The number of benzene rings is 7. The molecule has 1 aliphatic carbocycles. The van der Waals surface area contributed by atoms with Gasteiger partial charge in [0.1, 0.15) is 0 Å². The van der Waals surface area contributed by atoms with Crippen molar-refractivity contribution in [3.63, 3.8) is 0 Å². The number of nitrogens with zero attached hydrogens (tertiary/aromatic N) is 2. The third kappa shape index (κ3) is 4.64. The highest BCUT2D eigenvalue weighted by atomic mass is 15.2. The molecule has 1 aromatic heterocycles. The lowest BCUT2D eigenvalue weighted by atomic mass is 9.88. The summed E-state index contributed by atoms with van der Waals surface area (Å²) in [6.45, 7) is 0. The van der Waals surface area contributed by atoms with Gasteiger partial charge in [-0.25, -0.2) is 0 Å². The molecule has 0 N–H and O–H groups in total. The van der Waals surface area contributed by atoms with Crippen LogP contribution in [0.2, 0.25) is 0 Å². The van der Waals surface area contributed by atoms with Crippen LogP contribution in [0.4, 0.5) is 11.4 Å². The number of allylic oxidation sites excluding steroid dienone is 2. The van der Waals surface area contributed by atoms with Gasteiger partial charge in [0.25, 0.3) is 0 Å². The van der Waals surface area contributed by atoms with Gasteiger partial charge in [0.05, 0.1) is 17.1 Å². The van der Waals surface area contributed by atoms with Gasteiger partial charge in [-0.05, 0) is 106 Å². The Bertz CT molecular complexity index is 2610. The topological polar surface area (TPSA) is 8.17 Å². The van der Waals surface area contributed by atoms with Crippen molar-refractivity contribution in [1.82, 2.24) is 4.57 Å². The Kier molecular flexibility index (Phi) is 6.67. The monoisotopic (exact) mass is 638 g/mol. The van der Waals surface area contributed by atoms with E-state index in [1.165, 1.54) is 83.4 Å². The Morgan fingerprint density at radius 1 is 0.440 bits per heavy atom. The van der Waals surface area contributed by atoms with E-state index in [2.05, 4.69) is 198 Å². The van der Waals surface area contributed by atoms with Gasteiger partial charge in [-0.15, -0.1) is 0 Å². The minimum atomic E-state index is 0.227. The normalized spacial score (nSPS) is 15.1. The summed E-state index contributed by atoms with van der Waals surface area (Å²) in [5.41, 5.74) is 16.3. The molecule has 0 saturated heterocycles. The van der Waals surface area contributed by atoms with E-state index < -0.39 is 0 Å². The zero-order valence-corrected chi connectivity index (χ0v) is 27.6. The first kappa shape index (κ1) is 28.6. The predicted octanol–water partition coefficient (Wildman–Crippen LogP) is 12.5. The molecule has 1 unspecified atom stereocenters. The summed E-state index contributed by atoms with van der Waals surface area (Å²) in [5, 5.41) is 2.54. The van der Waals surface area contributed by atoms with Gasteiger partial charge in [0.2, 0.25) is 0 Å². The molecule has 0 amide bonds. The fraction of sp³-hybridized carbons (Fsp3) is 0.0417. The quantitative estimate of drug-likeness (QED) is 0.182. The van der Waals surface area contributed by atoms with Crippen LogP contribution in [0.25, 0.3) is 60.9 Å². The lowest BCUT2D eigenvalue weighted by molar-refractivity contribution is 0.831. The van der Waals surface area contributed by atoms with E-state index in [-0.39, 0.29) is 6.04 Å². The van der Waals surface area contributed by atoms with Gasteiger partial charge in [-0.3, -0.25) is 0 Å². The van der Waals surface area contributed by atoms with E-state index in [9.17, 15) is 0 Å². The van der Waals surface area contributed by atoms with Crippen LogP contribution >= 0.6 is 0 Å². The second kappa shape index (κ2) is 11.6. The molecule has 10 rings (SSSR count). The van der Waals surface area contributed by atoms with Crippen LogP contribution in [0.15, 0.2) is 188 Å². The first-order valence-electron chi connectivity index (χ1n) is 17.5. The Labute approximate surface area is 292 Å². The Hall–Kier alpha value is -6.38. The van der Waals surface area contributed by atoms with Gasteiger partial charge in [0.15, 0.2) is 0 Å². The minimum Gasteiger partial charge on any atom is -0.333 e. The molecular formula is C48H34N2. The minimum absolute atomic E-state index is 0.227. The molecule has 0 bridgehead atoms. The number of anilines is 2. The number of aromatic nitrogens is 1. The molecule has 0 radical (unpaired) electrons. The molecule has 50 heavy (non-hydrogen) atoms. The molecular weight excluding hydrogens is 605 g/mol. The number of fused-ring (bicyclic) bond motifs is 6. The van der Waals surface area contributed by atoms with Gasteiger partial charge < -0.3 is 9.47 Å². The molecule has 2 heterocycles. The standard InChI is InChI=1S/C48H34N2/c1-4-13-33(14-5-1)35-17-12-20-40(29-35)50-47-26-23-36(34-15-6-2-7-16-34)30-43(47)44-32-38(25-28-48(44)50)37-24-27-46-42(31-37)41-21-10-11-22-45(41)49(46)39-18-8-3-9-19-39/h1-25,27-32,47H,26H2. The number of rotatable bonds is 5. The van der Waals surface area contributed by atoms with Crippen LogP contribution in [-0.4, -0.2) is 10.6 Å². The van der Waals surface area contributed by atoms with Crippen LogP contribution in [0.3, 0.4) is 0 Å². The van der Waals surface area contributed by atoms with Crippen LogP contribution < -0.4 is 4.90 Å². The van der Waals surface area contributed by atoms with Crippen molar-refractivity contribution >= 4 is 44.3 Å². The maximum absolute atomic E-state index is 2.56. The summed E-state index contributed by atoms with van der Waals surface area (Å²) < 4.78 is 2.38. The zero-order valence-electron chi connectivity index (χ0n) is 27.6. The van der Waals surface area contributed by atoms with Crippen molar-refractivity contribution in [2.75, 3.05) is 4.90 Å². The van der Waals surface area contributed by atoms with Crippen molar-refractivity contribution in [1.29, 1.82) is 0 Å². The number of hydrogen-bond donors (Lipinski definition) is 0. The van der Waals surface area contributed by atoms with Gasteiger partial charge in [0, 0.05) is 33.4 Å². The summed E-state index contributed by atoms with van der Waals surface area (Å²) in [4.78, 5) is 2.56. The summed E-state index contributed by atoms with van der Waals surface area (Å²) in [6, 6.07) is 64.3. The van der Waals surface area contributed by atoms with Gasteiger partial charge in [-0.1, -0.05) is 127 Å². The summed E-state index contributed by atoms with van der Waals surface area (Å²) in [7, 11) is 0. The maximum atomic E-state index is 2.56. The highest BCUT2D eigenvalue weighted by molar-refractivity contribution is 6.10. The van der Waals surface area contributed by atoms with Crippen LogP contribution in [0, 0.1) is 0 Å². The smallest absolute Gasteiger partial charge is 0.0633 e. The number of hydrogen-bond acceptors (Lipinski definition) is 1. The van der Waals surface area contributed by atoms with E-state index in [0.29, 0.717) is 0 Å². The molecule has 7 aromatic carbocycles. The largest absolute Gasteiger partial charge is 0.333 e. The van der Waals surface area contributed by atoms with E-state index in [0.717, 1.165) is 6.42 Å². The van der Waals surface area contributed by atoms with E-state index in [1.54, 1.807) is 0 Å². The molecule has 0 fully saturated rings. The Balaban J connectivity index is 1.12.